The average Bonchev–Trinajstić information content (AvgIpc) is 0.800. The second kappa shape index (κ2) is 31.0. The minimum Gasteiger partial charge on any atom is -0.336 e. The number of hydrogen-bond acceptors (Lipinski definition) is 1. The van der Waals surface area contributed by atoms with Crippen molar-refractivity contribution in [3.8, 4) is 89.1 Å². The van der Waals surface area contributed by atoms with E-state index in [1.165, 1.54) is 77.9 Å². The van der Waals surface area contributed by atoms with Crippen molar-refractivity contribution in [3.63, 3.8) is 0 Å². The van der Waals surface area contributed by atoms with E-state index in [-0.39, 0.29) is 41.8 Å². The first-order valence-corrected chi connectivity index (χ1v) is 35.1. The molecule has 0 N–H and O–H groups in total. The molecule has 99 heavy (non-hydrogen) atoms. The van der Waals surface area contributed by atoms with Gasteiger partial charge in [-0.3, -0.25) is 0 Å². The van der Waals surface area contributed by atoms with Gasteiger partial charge >= 0.3 is 0 Å². The number of nitrogens with zero attached hydrogens (tertiary/aromatic N) is 3. The molecule has 6 heteroatoms. The van der Waals surface area contributed by atoms with Crippen molar-refractivity contribution in [1.29, 1.82) is 0 Å². The molecule has 499 valence electrons. The summed E-state index contributed by atoms with van der Waals surface area (Å²) in [7, 11) is 0. The SMILES string of the molecule is Brc1cc(Br)cc(-c2cc[c-]c(-c3ccccn3)c2)c1.C=[N+]1C=CC=C[C-]1c1[c-]ccc(-c2cc(-c3ccc(C(C)(C)C)cc3)cc(-c3ccc(C(C)(C)C)cc3)c2)c1.C=[N+]1C=CC=C[C-]1c1[c-]ccc(-c2cc(-c3ccc(C(C)(C)C)cc3)cc(-c3ccc(C(C)(C)C)cc3)c2)c1.[Ir]. The minimum atomic E-state index is 0. The second-order valence-electron chi connectivity index (χ2n) is 29.4. The molecular formula is C93H86Br2IrN3-3. The van der Waals surface area contributed by atoms with Crippen LogP contribution in [0.15, 0.2) is 288 Å². The molecule has 0 saturated carbocycles. The number of pyridine rings is 1. The normalized spacial score (nSPS) is 12.9. The molecule has 0 aliphatic carbocycles. The van der Waals surface area contributed by atoms with Gasteiger partial charge < -0.3 is 14.1 Å². The zero-order chi connectivity index (χ0) is 69.5. The van der Waals surface area contributed by atoms with Gasteiger partial charge in [-0.2, -0.15) is 24.3 Å². The van der Waals surface area contributed by atoms with Gasteiger partial charge in [0.05, 0.1) is 24.5 Å². The Morgan fingerprint density at radius 3 is 0.960 bits per heavy atom. The van der Waals surface area contributed by atoms with E-state index in [0.29, 0.717) is 0 Å². The van der Waals surface area contributed by atoms with Crippen LogP contribution in [0.5, 0.6) is 0 Å². The Bertz CT molecular complexity index is 4380. The zero-order valence-electron chi connectivity index (χ0n) is 58.9. The van der Waals surface area contributed by atoms with Gasteiger partial charge in [-0.05, 0) is 171 Å². The molecule has 0 atom stereocenters. The number of aromatic nitrogens is 1. The van der Waals surface area contributed by atoms with Crippen LogP contribution in [0.3, 0.4) is 0 Å². The van der Waals surface area contributed by atoms with Crippen molar-refractivity contribution in [2.45, 2.75) is 105 Å². The van der Waals surface area contributed by atoms with Crippen LogP contribution in [-0.2, 0) is 41.8 Å². The fourth-order valence-electron chi connectivity index (χ4n) is 12.0. The molecule has 0 bridgehead atoms. The zero-order valence-corrected chi connectivity index (χ0v) is 64.5. The Hall–Kier alpha value is -9.00. The summed E-state index contributed by atoms with van der Waals surface area (Å²) in [6.45, 7) is 35.4. The van der Waals surface area contributed by atoms with E-state index >= 15 is 0 Å². The van der Waals surface area contributed by atoms with Gasteiger partial charge in [-0.15, -0.1) is 95.1 Å². The van der Waals surface area contributed by atoms with Gasteiger partial charge in [-0.25, -0.2) is 0 Å². The van der Waals surface area contributed by atoms with E-state index in [1.807, 2.05) is 88.3 Å². The Balaban J connectivity index is 0.000000168. The average molecular weight is 1600 g/mol. The maximum absolute atomic E-state index is 4.37. The predicted molar refractivity (Wildman–Crippen MR) is 423 cm³/mol. The molecule has 2 aliphatic heterocycles. The molecule has 13 rings (SSSR count). The van der Waals surface area contributed by atoms with Crippen molar-refractivity contribution in [3.05, 3.63) is 352 Å². The summed E-state index contributed by atoms with van der Waals surface area (Å²) < 4.78 is 5.89. The summed E-state index contributed by atoms with van der Waals surface area (Å²) in [5.41, 5.74) is 26.6. The van der Waals surface area contributed by atoms with E-state index in [1.54, 1.807) is 6.20 Å². The first kappa shape index (κ1) is 72.7. The molecule has 0 spiro atoms. The molecule has 3 nitrogen and oxygen atoms in total. The van der Waals surface area contributed by atoms with Crippen LogP contribution in [-0.4, -0.2) is 27.6 Å². The monoisotopic (exact) mass is 1600 g/mol. The molecule has 3 heterocycles. The van der Waals surface area contributed by atoms with Gasteiger partial charge in [0, 0.05) is 48.7 Å². The van der Waals surface area contributed by atoms with Gasteiger partial charge in [-0.1, -0.05) is 247 Å². The first-order chi connectivity index (χ1) is 46.7. The number of allylic oxidation sites excluding steroid dienone is 4. The molecule has 11 aromatic rings. The van der Waals surface area contributed by atoms with Crippen LogP contribution in [0.1, 0.15) is 116 Å². The van der Waals surface area contributed by atoms with E-state index in [0.717, 1.165) is 65.7 Å². The summed E-state index contributed by atoms with van der Waals surface area (Å²) >= 11 is 7.05. The quantitative estimate of drug-likeness (QED) is 0.0986. The van der Waals surface area contributed by atoms with Crippen molar-refractivity contribution in [2.75, 3.05) is 0 Å². The van der Waals surface area contributed by atoms with Crippen LogP contribution in [0.4, 0.5) is 0 Å². The van der Waals surface area contributed by atoms with Gasteiger partial charge in [0.2, 0.25) is 0 Å². The van der Waals surface area contributed by atoms with Gasteiger partial charge in [0.1, 0.15) is 0 Å². The third-order valence-electron chi connectivity index (χ3n) is 17.8. The van der Waals surface area contributed by atoms with Crippen molar-refractivity contribution in [1.82, 2.24) is 4.98 Å². The van der Waals surface area contributed by atoms with Crippen LogP contribution >= 0.6 is 31.9 Å². The van der Waals surface area contributed by atoms with Crippen LogP contribution in [0.25, 0.3) is 89.1 Å². The Morgan fingerprint density at radius 2 is 0.646 bits per heavy atom. The molecule has 0 fully saturated rings. The summed E-state index contributed by atoms with van der Waals surface area (Å²) in [4.78, 5) is 4.37. The maximum Gasteiger partial charge on any atom is 0.0750 e. The molecular weight excluding hydrogens is 1510 g/mol. The Morgan fingerprint density at radius 1 is 0.333 bits per heavy atom. The smallest absolute Gasteiger partial charge is 0.0750 e. The van der Waals surface area contributed by atoms with Crippen LogP contribution in [0.2, 0.25) is 0 Å². The van der Waals surface area contributed by atoms with E-state index in [4.69, 9.17) is 0 Å². The largest absolute Gasteiger partial charge is 0.336 e. The Kier molecular flexibility index (Phi) is 22.8. The van der Waals surface area contributed by atoms with Gasteiger partial charge in [0.25, 0.3) is 0 Å². The Labute approximate surface area is 620 Å². The topological polar surface area (TPSA) is 18.9 Å². The molecule has 1 aromatic heterocycles. The molecule has 0 saturated heterocycles. The molecule has 2 aliphatic rings. The maximum atomic E-state index is 4.37. The number of benzene rings is 10. The summed E-state index contributed by atoms with van der Waals surface area (Å²) in [5.74, 6) is 0. The fraction of sp³-hybridized carbons (Fsp3) is 0.172. The van der Waals surface area contributed by atoms with Crippen molar-refractivity contribution < 1.29 is 29.3 Å². The summed E-state index contributed by atoms with van der Waals surface area (Å²) in [6, 6.07) is 93.1. The van der Waals surface area contributed by atoms with E-state index in [9.17, 15) is 0 Å². The number of halogens is 2. The van der Waals surface area contributed by atoms with Crippen molar-refractivity contribution >= 4 is 45.3 Å². The summed E-state index contributed by atoms with van der Waals surface area (Å²) in [6.07, 6.45) is 18.0. The second-order valence-corrected chi connectivity index (χ2v) is 31.2. The molecule has 0 amide bonds. The number of rotatable bonds is 10. The third-order valence-corrected chi connectivity index (χ3v) is 18.8. The van der Waals surface area contributed by atoms with Crippen LogP contribution in [0, 0.1) is 30.3 Å². The molecule has 10 aromatic carbocycles. The van der Waals surface area contributed by atoms with E-state index in [2.05, 4.69) is 346 Å². The molecule has 0 unspecified atom stereocenters. The standard InChI is InChI=1S/2C38H38N.C17H10Br2N.Ir/c2*1-37(2,3)34-18-14-27(15-19-34)31-24-32(28-16-20-35(21-17-28)38(4,5)6)26-33(25-31)29-11-10-12-30(23-29)36-13-8-9-22-39(36)7;18-15-9-14(10-16(19)11-15)12-4-3-5-13(8-12)17-6-1-2-7-20-17;/h2*8-11,13-26H,7H2,1-6H3;1-4,6-11H;/q3*-1;. The summed E-state index contributed by atoms with van der Waals surface area (Å²) in [5, 5.41) is 0. The van der Waals surface area contributed by atoms with Gasteiger partial charge in [0.15, 0.2) is 0 Å². The van der Waals surface area contributed by atoms with E-state index < -0.39 is 0 Å². The predicted octanol–water partition coefficient (Wildman–Crippen LogP) is 25.3. The molecule has 1 radical (unpaired) electrons. The van der Waals surface area contributed by atoms with Crippen molar-refractivity contribution in [2.24, 2.45) is 0 Å². The fourth-order valence-corrected chi connectivity index (χ4v) is 13.3. The first-order valence-electron chi connectivity index (χ1n) is 33.5. The van der Waals surface area contributed by atoms with Crippen LogP contribution < -0.4 is 0 Å². The minimum absolute atomic E-state index is 0. The third kappa shape index (κ3) is 18.5. The number of hydrogen-bond donors (Lipinski definition) is 0.